The van der Waals surface area contributed by atoms with Crippen LogP contribution in [0, 0.1) is 0 Å². The van der Waals surface area contributed by atoms with Crippen LogP contribution in [0.1, 0.15) is 26.3 Å². The number of hydrogen-bond donors (Lipinski definition) is 2. The van der Waals surface area contributed by atoms with Crippen LogP contribution in [0.2, 0.25) is 0 Å². The van der Waals surface area contributed by atoms with E-state index in [0.29, 0.717) is 18.0 Å². The lowest BCUT2D eigenvalue weighted by atomic mass is 10.2. The smallest absolute Gasteiger partial charge is 0.410 e. The number of nitrogens with zero attached hydrogens (tertiary/aromatic N) is 1. The molecule has 0 saturated heterocycles. The van der Waals surface area contributed by atoms with Crippen LogP contribution >= 0.6 is 0 Å². The Hall–Kier alpha value is -3.55. The van der Waals surface area contributed by atoms with Crippen molar-refractivity contribution in [2.24, 2.45) is 0 Å². The molecular weight excluding hydrogens is 398 g/mol. The van der Waals surface area contributed by atoms with Gasteiger partial charge in [-0.15, -0.1) is 0 Å². The fraction of sp³-hybridized carbons (Fsp3) is 0.348. The third-order valence-corrected chi connectivity index (χ3v) is 3.89. The van der Waals surface area contributed by atoms with E-state index in [1.807, 2.05) is 32.9 Å². The molecule has 0 radical (unpaired) electrons. The molecule has 3 amide bonds. The van der Waals surface area contributed by atoms with Crippen LogP contribution in [-0.4, -0.2) is 48.6 Å². The van der Waals surface area contributed by atoms with Gasteiger partial charge in [-0.05, 0) is 50.6 Å². The molecule has 0 saturated carbocycles. The van der Waals surface area contributed by atoms with Gasteiger partial charge in [-0.3, -0.25) is 9.59 Å². The van der Waals surface area contributed by atoms with Crippen LogP contribution in [0.4, 0.5) is 10.5 Å². The van der Waals surface area contributed by atoms with Gasteiger partial charge in [0.15, 0.2) is 6.61 Å². The number of para-hydroxylation sites is 1. The topological polar surface area (TPSA) is 97.0 Å². The third kappa shape index (κ3) is 9.20. The van der Waals surface area contributed by atoms with Gasteiger partial charge in [-0.25, -0.2) is 4.79 Å². The Morgan fingerprint density at radius 3 is 2.35 bits per heavy atom. The second-order valence-electron chi connectivity index (χ2n) is 7.96. The van der Waals surface area contributed by atoms with Crippen LogP contribution in [-0.2, 0) is 20.9 Å². The van der Waals surface area contributed by atoms with Crippen molar-refractivity contribution in [2.75, 3.05) is 25.5 Å². The van der Waals surface area contributed by atoms with Crippen molar-refractivity contribution in [3.63, 3.8) is 0 Å². The molecule has 0 aliphatic carbocycles. The number of ether oxygens (including phenoxy) is 2. The largest absolute Gasteiger partial charge is 0.484 e. The number of carbonyl (C=O) groups is 3. The number of nitrogens with one attached hydrogen (secondary N) is 2. The first-order valence-corrected chi connectivity index (χ1v) is 9.90. The van der Waals surface area contributed by atoms with Gasteiger partial charge in [0, 0.05) is 19.3 Å². The summed E-state index contributed by atoms with van der Waals surface area (Å²) in [5, 5.41) is 5.23. The van der Waals surface area contributed by atoms with Crippen LogP contribution in [0.15, 0.2) is 54.6 Å². The molecule has 0 atom stereocenters. The van der Waals surface area contributed by atoms with Crippen molar-refractivity contribution >= 4 is 23.6 Å². The maximum atomic E-state index is 12.1. The first-order chi connectivity index (χ1) is 14.6. The second-order valence-corrected chi connectivity index (χ2v) is 7.96. The van der Waals surface area contributed by atoms with Crippen molar-refractivity contribution in [3.8, 4) is 5.75 Å². The summed E-state index contributed by atoms with van der Waals surface area (Å²) in [5.41, 5.74) is 0.818. The molecule has 0 fully saturated rings. The second kappa shape index (κ2) is 11.0. The highest BCUT2D eigenvalue weighted by Crippen LogP contribution is 2.15. The molecule has 8 heteroatoms. The molecule has 0 heterocycles. The lowest BCUT2D eigenvalue weighted by Gasteiger charge is -2.24. The molecule has 0 spiro atoms. The van der Waals surface area contributed by atoms with E-state index in [4.69, 9.17) is 9.47 Å². The molecule has 0 unspecified atom stereocenters. The molecule has 0 bridgehead atoms. The summed E-state index contributed by atoms with van der Waals surface area (Å²) in [6.07, 6.45) is -0.428. The molecular formula is C23H29N3O5. The highest BCUT2D eigenvalue weighted by molar-refractivity contribution is 5.94. The van der Waals surface area contributed by atoms with Gasteiger partial charge in [0.05, 0.1) is 6.54 Å². The first-order valence-electron chi connectivity index (χ1n) is 9.90. The average Bonchev–Trinajstić information content (AvgIpc) is 2.70. The van der Waals surface area contributed by atoms with Crippen molar-refractivity contribution in [3.05, 3.63) is 60.2 Å². The van der Waals surface area contributed by atoms with Gasteiger partial charge in [0.2, 0.25) is 5.91 Å². The zero-order chi connectivity index (χ0) is 22.9. The normalized spacial score (nSPS) is 10.7. The minimum Gasteiger partial charge on any atom is -0.484 e. The van der Waals surface area contributed by atoms with Crippen molar-refractivity contribution in [2.45, 2.75) is 32.9 Å². The number of rotatable bonds is 8. The molecule has 0 aliphatic heterocycles. The quantitative estimate of drug-likeness (QED) is 0.674. The Morgan fingerprint density at radius 2 is 1.68 bits per heavy atom. The molecule has 0 aliphatic rings. The molecule has 2 aromatic carbocycles. The van der Waals surface area contributed by atoms with E-state index in [-0.39, 0.29) is 19.1 Å². The van der Waals surface area contributed by atoms with Crippen LogP contribution in [0.3, 0.4) is 0 Å². The number of hydrogen-bond acceptors (Lipinski definition) is 5. The third-order valence-electron chi connectivity index (χ3n) is 3.89. The van der Waals surface area contributed by atoms with Gasteiger partial charge < -0.3 is 25.0 Å². The molecule has 2 aromatic rings. The van der Waals surface area contributed by atoms with Crippen LogP contribution in [0.25, 0.3) is 0 Å². The Morgan fingerprint density at radius 1 is 0.968 bits per heavy atom. The lowest BCUT2D eigenvalue weighted by molar-refractivity contribution is -0.125. The van der Waals surface area contributed by atoms with Crippen molar-refractivity contribution in [1.29, 1.82) is 0 Å². The van der Waals surface area contributed by atoms with E-state index in [9.17, 15) is 14.4 Å². The minimum atomic E-state index is -0.572. The van der Waals surface area contributed by atoms with E-state index in [1.165, 1.54) is 4.90 Å². The molecule has 2 N–H and O–H groups in total. The summed E-state index contributed by atoms with van der Waals surface area (Å²) in [6.45, 7) is 5.39. The van der Waals surface area contributed by atoms with E-state index in [2.05, 4.69) is 10.6 Å². The maximum Gasteiger partial charge on any atom is 0.410 e. The van der Waals surface area contributed by atoms with Gasteiger partial charge in [-0.1, -0.05) is 30.3 Å². The predicted molar refractivity (Wildman–Crippen MR) is 118 cm³/mol. The van der Waals surface area contributed by atoms with Gasteiger partial charge in [0.1, 0.15) is 11.4 Å². The van der Waals surface area contributed by atoms with Crippen molar-refractivity contribution in [1.82, 2.24) is 10.2 Å². The SMILES string of the molecule is CN(Cc1cccc(NC(=O)CNC(=O)COc2ccccc2)c1)C(=O)OC(C)(C)C. The summed E-state index contributed by atoms with van der Waals surface area (Å²) in [4.78, 5) is 37.5. The molecule has 0 aromatic heterocycles. The summed E-state index contributed by atoms with van der Waals surface area (Å²) in [7, 11) is 1.65. The fourth-order valence-electron chi connectivity index (χ4n) is 2.53. The fourth-order valence-corrected chi connectivity index (χ4v) is 2.53. The van der Waals surface area contributed by atoms with Crippen LogP contribution < -0.4 is 15.4 Å². The Labute approximate surface area is 182 Å². The van der Waals surface area contributed by atoms with Crippen molar-refractivity contribution < 1.29 is 23.9 Å². The molecule has 31 heavy (non-hydrogen) atoms. The Kier molecular flexibility index (Phi) is 8.43. The molecule has 166 valence electrons. The van der Waals surface area contributed by atoms with E-state index >= 15 is 0 Å². The Bertz CT molecular complexity index is 894. The standard InChI is InChI=1S/C23H29N3O5/c1-23(2,3)31-22(29)26(4)15-17-9-8-10-18(13-17)25-20(27)14-24-21(28)16-30-19-11-6-5-7-12-19/h5-13H,14-16H2,1-4H3,(H,24,28)(H,25,27). The predicted octanol–water partition coefficient (Wildman–Crippen LogP) is 3.19. The molecule has 2 rings (SSSR count). The first kappa shape index (κ1) is 23.7. The number of carbonyl (C=O) groups excluding carboxylic acids is 3. The van der Waals surface area contributed by atoms with Gasteiger partial charge in [0.25, 0.3) is 5.91 Å². The number of amides is 3. The van der Waals surface area contributed by atoms with E-state index in [1.54, 1.807) is 49.5 Å². The zero-order valence-corrected chi connectivity index (χ0v) is 18.3. The Balaban J connectivity index is 1.78. The summed E-state index contributed by atoms with van der Waals surface area (Å²) >= 11 is 0. The van der Waals surface area contributed by atoms with E-state index < -0.39 is 17.6 Å². The average molecular weight is 428 g/mol. The summed E-state index contributed by atoms with van der Waals surface area (Å²) in [6, 6.07) is 16.1. The van der Waals surface area contributed by atoms with E-state index in [0.717, 1.165) is 5.56 Å². The maximum absolute atomic E-state index is 12.1. The minimum absolute atomic E-state index is 0.177. The molecule has 8 nitrogen and oxygen atoms in total. The lowest BCUT2D eigenvalue weighted by Crippen LogP contribution is -2.35. The number of anilines is 1. The van der Waals surface area contributed by atoms with Gasteiger partial charge >= 0.3 is 6.09 Å². The number of benzene rings is 2. The van der Waals surface area contributed by atoms with Gasteiger partial charge in [-0.2, -0.15) is 0 Å². The summed E-state index contributed by atoms with van der Waals surface area (Å²) < 4.78 is 10.7. The zero-order valence-electron chi connectivity index (χ0n) is 18.3. The van der Waals surface area contributed by atoms with Crippen LogP contribution in [0.5, 0.6) is 5.75 Å². The summed E-state index contributed by atoms with van der Waals surface area (Å²) in [5.74, 6) is -0.187. The highest BCUT2D eigenvalue weighted by Gasteiger charge is 2.19. The monoisotopic (exact) mass is 427 g/mol. The highest BCUT2D eigenvalue weighted by atomic mass is 16.6.